The van der Waals surface area contributed by atoms with E-state index in [4.69, 9.17) is 23.2 Å². The molecule has 13 heteroatoms. The van der Waals surface area contributed by atoms with Gasteiger partial charge in [0, 0.05) is 71.0 Å². The zero-order valence-corrected chi connectivity index (χ0v) is 30.1. The maximum Gasteiger partial charge on any atom is 0.141 e. The predicted molar refractivity (Wildman–Crippen MR) is 201 cm³/mol. The van der Waals surface area contributed by atoms with Gasteiger partial charge in [-0.2, -0.15) is 5.26 Å². The fourth-order valence-electron chi connectivity index (χ4n) is 6.51. The maximum atomic E-state index is 14.0. The van der Waals surface area contributed by atoms with Gasteiger partial charge in [0.15, 0.2) is 0 Å². The highest BCUT2D eigenvalue weighted by Gasteiger charge is 2.32. The Labute approximate surface area is 304 Å². The number of hydrazine groups is 2. The number of pyridine rings is 1. The molecule has 256 valence electrons. The van der Waals surface area contributed by atoms with Crippen LogP contribution in [0.3, 0.4) is 0 Å². The number of anilines is 3. The summed E-state index contributed by atoms with van der Waals surface area (Å²) < 4.78 is 14.0. The lowest BCUT2D eigenvalue weighted by atomic mass is 9.97. The van der Waals surface area contributed by atoms with Crippen molar-refractivity contribution >= 4 is 62.5 Å². The molecule has 3 aromatic carbocycles. The highest BCUT2D eigenvalue weighted by molar-refractivity contribution is 7.13. The molecular weight excluding hydrogens is 692 g/mol. The summed E-state index contributed by atoms with van der Waals surface area (Å²) in [4.78, 5) is 11.6. The van der Waals surface area contributed by atoms with Gasteiger partial charge in [-0.3, -0.25) is 14.9 Å². The highest BCUT2D eigenvalue weighted by Crippen LogP contribution is 2.38. The van der Waals surface area contributed by atoms with Gasteiger partial charge in [-0.05, 0) is 75.6 Å². The lowest BCUT2D eigenvalue weighted by molar-refractivity contribution is 0.0570. The predicted octanol–water partition coefficient (Wildman–Crippen LogP) is 9.00. The lowest BCUT2D eigenvalue weighted by Crippen LogP contribution is -2.52. The van der Waals surface area contributed by atoms with Crippen molar-refractivity contribution in [2.75, 3.05) is 23.7 Å². The number of likely N-dealkylation sites (tertiary alicyclic amines) is 1. The normalized spacial score (nSPS) is 16.2. The molecule has 1 atom stereocenters. The number of nitrogens with one attached hydrogen (secondary N) is 4. The molecule has 7 rings (SSSR count). The Bertz CT molecular complexity index is 2100. The van der Waals surface area contributed by atoms with Gasteiger partial charge in [0.2, 0.25) is 0 Å². The van der Waals surface area contributed by atoms with Crippen LogP contribution in [0.25, 0.3) is 21.5 Å². The first kappa shape index (κ1) is 34.0. The second kappa shape index (κ2) is 14.1. The average molecular weight is 729 g/mol. The Morgan fingerprint density at radius 2 is 1.84 bits per heavy atom. The molecule has 0 aliphatic carbocycles. The molecule has 4 heterocycles. The van der Waals surface area contributed by atoms with Gasteiger partial charge < -0.3 is 16.1 Å². The number of rotatable bonds is 8. The quantitative estimate of drug-likeness (QED) is 0.125. The van der Waals surface area contributed by atoms with Crippen molar-refractivity contribution in [1.82, 2.24) is 30.8 Å². The van der Waals surface area contributed by atoms with E-state index < -0.39 is 5.82 Å². The van der Waals surface area contributed by atoms with E-state index in [2.05, 4.69) is 92.7 Å². The largest absolute Gasteiger partial charge is 0.373 e. The SMILES string of the molecule is CC(C)(C)N1CCC(N2C=C([C@@H](Nc3cc(Cl)c4ncc(C#N)c(Nc5ccc(F)c(Cl)c5)c4c3)c3cccc(-c4nccs4)c3)NN2)CC1. The van der Waals surface area contributed by atoms with Crippen LogP contribution in [-0.4, -0.2) is 44.5 Å². The summed E-state index contributed by atoms with van der Waals surface area (Å²) in [5.41, 5.74) is 12.5. The number of hydrogen-bond acceptors (Lipinski definition) is 10. The summed E-state index contributed by atoms with van der Waals surface area (Å²) in [5, 5.41) is 23.1. The molecule has 0 amide bonds. The van der Waals surface area contributed by atoms with E-state index in [0.717, 1.165) is 47.8 Å². The number of nitriles is 1. The van der Waals surface area contributed by atoms with Crippen LogP contribution in [-0.2, 0) is 0 Å². The van der Waals surface area contributed by atoms with E-state index in [1.165, 1.54) is 18.3 Å². The molecule has 0 bridgehead atoms. The Morgan fingerprint density at radius 3 is 2.56 bits per heavy atom. The minimum atomic E-state index is -0.532. The number of fused-ring (bicyclic) bond motifs is 1. The number of thiazole rings is 1. The van der Waals surface area contributed by atoms with Crippen LogP contribution in [0, 0.1) is 17.1 Å². The second-order valence-electron chi connectivity index (χ2n) is 13.4. The molecule has 0 radical (unpaired) electrons. The van der Waals surface area contributed by atoms with E-state index in [1.54, 1.807) is 17.4 Å². The summed E-state index contributed by atoms with van der Waals surface area (Å²) in [5.74, 6) is -0.532. The Hall–Kier alpha value is -4.44. The summed E-state index contributed by atoms with van der Waals surface area (Å²) >= 11 is 14.6. The molecule has 9 nitrogen and oxygen atoms in total. The highest BCUT2D eigenvalue weighted by atomic mass is 35.5. The number of halogens is 3. The van der Waals surface area contributed by atoms with E-state index in [-0.39, 0.29) is 16.6 Å². The molecule has 0 spiro atoms. The second-order valence-corrected chi connectivity index (χ2v) is 15.1. The molecule has 0 unspecified atom stereocenters. The van der Waals surface area contributed by atoms with E-state index in [0.29, 0.717) is 44.6 Å². The lowest BCUT2D eigenvalue weighted by Gasteiger charge is -2.42. The van der Waals surface area contributed by atoms with Crippen LogP contribution < -0.4 is 21.6 Å². The summed E-state index contributed by atoms with van der Waals surface area (Å²) in [6.45, 7) is 8.87. The van der Waals surface area contributed by atoms with Crippen LogP contribution in [0.2, 0.25) is 10.0 Å². The molecule has 2 aliphatic rings. The molecule has 1 fully saturated rings. The minimum Gasteiger partial charge on any atom is -0.373 e. The van der Waals surface area contributed by atoms with Gasteiger partial charge in [-0.25, -0.2) is 9.37 Å². The number of benzene rings is 3. The third kappa shape index (κ3) is 7.08. The Kier molecular flexibility index (Phi) is 9.57. The first-order valence-electron chi connectivity index (χ1n) is 16.3. The first-order chi connectivity index (χ1) is 24.1. The fourth-order valence-corrected chi connectivity index (χ4v) is 7.59. The molecule has 50 heavy (non-hydrogen) atoms. The van der Waals surface area contributed by atoms with Crippen molar-refractivity contribution in [3.63, 3.8) is 0 Å². The summed E-state index contributed by atoms with van der Waals surface area (Å²) in [7, 11) is 0. The Morgan fingerprint density at radius 1 is 1.04 bits per heavy atom. The minimum absolute atomic E-state index is 0.0326. The monoisotopic (exact) mass is 727 g/mol. The van der Waals surface area contributed by atoms with Gasteiger partial charge in [-0.15, -0.1) is 16.9 Å². The number of hydrogen-bond donors (Lipinski definition) is 4. The van der Waals surface area contributed by atoms with Crippen molar-refractivity contribution in [2.24, 2.45) is 0 Å². The number of aromatic nitrogens is 2. The van der Waals surface area contributed by atoms with Crippen LogP contribution in [0.15, 0.2) is 84.3 Å². The molecule has 5 aromatic rings. The van der Waals surface area contributed by atoms with Gasteiger partial charge >= 0.3 is 0 Å². The van der Waals surface area contributed by atoms with E-state index in [1.807, 2.05) is 29.8 Å². The fraction of sp³-hybridized carbons (Fsp3) is 0.270. The van der Waals surface area contributed by atoms with E-state index >= 15 is 0 Å². The number of nitrogens with zero attached hydrogens (tertiary/aromatic N) is 5. The van der Waals surface area contributed by atoms with Gasteiger partial charge in [-0.1, -0.05) is 41.4 Å². The van der Waals surface area contributed by atoms with E-state index in [9.17, 15) is 9.65 Å². The summed E-state index contributed by atoms with van der Waals surface area (Å²) in [6.07, 6.45) is 7.51. The molecule has 1 saturated heterocycles. The van der Waals surface area contributed by atoms with Crippen LogP contribution in [0.1, 0.15) is 50.8 Å². The Balaban J connectivity index is 1.26. The van der Waals surface area contributed by atoms with Crippen molar-refractivity contribution in [2.45, 2.75) is 51.2 Å². The number of piperidine rings is 1. The average Bonchev–Trinajstić information content (AvgIpc) is 3.83. The molecule has 0 saturated carbocycles. The third-order valence-corrected chi connectivity index (χ3v) is 10.6. The van der Waals surface area contributed by atoms with Gasteiger partial charge in [0.25, 0.3) is 0 Å². The van der Waals surface area contributed by atoms with Crippen LogP contribution in [0.4, 0.5) is 21.5 Å². The zero-order chi connectivity index (χ0) is 35.0. The third-order valence-electron chi connectivity index (χ3n) is 9.17. The van der Waals surface area contributed by atoms with Crippen LogP contribution >= 0.6 is 34.5 Å². The maximum absolute atomic E-state index is 14.0. The molecule has 2 aromatic heterocycles. The standard InChI is InChI=1S/C37H36Cl2FN9S/c1-37(2,3)48-12-9-27(10-13-48)49-21-32(46-47-49)34(22-5-4-6-23(15-22)36-42-11-14-50-36)45-26-16-28-33(44-25-7-8-31(40)29(38)17-25)24(19-41)20-43-35(28)30(39)18-26/h4-8,11,14-18,20-21,27,34,45-47H,9-10,12-13H2,1-3H3,(H,43,44)/t34-/m0/s1. The molecule has 4 N–H and O–H groups in total. The summed E-state index contributed by atoms with van der Waals surface area (Å²) in [6, 6.07) is 18.6. The van der Waals surface area contributed by atoms with Crippen LogP contribution in [0.5, 0.6) is 0 Å². The topological polar surface area (TPSA) is 104 Å². The molecular formula is C37H36Cl2FN9S. The smallest absolute Gasteiger partial charge is 0.141 e. The van der Waals surface area contributed by atoms with Crippen molar-refractivity contribution in [1.29, 1.82) is 5.26 Å². The first-order valence-corrected chi connectivity index (χ1v) is 18.0. The van der Waals surface area contributed by atoms with Gasteiger partial charge in [0.1, 0.15) is 16.9 Å². The molecule has 2 aliphatic heterocycles. The van der Waals surface area contributed by atoms with Gasteiger partial charge in [0.05, 0.1) is 38.6 Å². The van der Waals surface area contributed by atoms with Crippen molar-refractivity contribution in [3.8, 4) is 16.6 Å². The van der Waals surface area contributed by atoms with Crippen molar-refractivity contribution in [3.05, 3.63) is 111 Å². The zero-order valence-electron chi connectivity index (χ0n) is 27.8. The van der Waals surface area contributed by atoms with Crippen molar-refractivity contribution < 1.29 is 4.39 Å².